The first-order chi connectivity index (χ1) is 15.2. The van der Waals surface area contributed by atoms with Gasteiger partial charge in [-0.3, -0.25) is 4.79 Å². The van der Waals surface area contributed by atoms with E-state index in [2.05, 4.69) is 22.2 Å². The number of amides is 1. The van der Waals surface area contributed by atoms with Crippen LogP contribution >= 0.6 is 0 Å². The van der Waals surface area contributed by atoms with Gasteiger partial charge in [0.25, 0.3) is 5.91 Å². The third kappa shape index (κ3) is 4.02. The lowest BCUT2D eigenvalue weighted by Crippen LogP contribution is -2.32. The second-order valence-electron chi connectivity index (χ2n) is 8.45. The Morgan fingerprint density at radius 2 is 2.10 bits per heavy atom. The Kier molecular flexibility index (Phi) is 5.59. The Morgan fingerprint density at radius 3 is 2.90 bits per heavy atom. The Morgan fingerprint density at radius 1 is 1.23 bits per heavy atom. The number of carbonyl (C=O) groups is 1. The lowest BCUT2D eigenvalue weighted by Gasteiger charge is -2.30. The lowest BCUT2D eigenvalue weighted by molar-refractivity contribution is 0.0353. The van der Waals surface area contributed by atoms with Gasteiger partial charge in [-0.1, -0.05) is 25.3 Å². The Labute approximate surface area is 182 Å². The van der Waals surface area contributed by atoms with E-state index in [9.17, 15) is 4.79 Å². The van der Waals surface area contributed by atoms with Crippen molar-refractivity contribution in [1.82, 2.24) is 19.5 Å². The fraction of sp³-hybridized carbons (Fsp3) is 0.458. The molecule has 0 spiro atoms. The molecule has 7 nitrogen and oxygen atoms in total. The SMILES string of the molecule is COC(c1ccc2c(c1)CN(C(=O)c1cc3ncccn3n1)CCO2)C1CCCCC1. The van der Waals surface area contributed by atoms with Crippen LogP contribution in [0.25, 0.3) is 5.65 Å². The van der Waals surface area contributed by atoms with Crippen molar-refractivity contribution in [2.45, 2.75) is 44.8 Å². The molecule has 5 rings (SSSR count). The van der Waals surface area contributed by atoms with E-state index < -0.39 is 0 Å². The molecule has 1 aliphatic carbocycles. The van der Waals surface area contributed by atoms with E-state index in [4.69, 9.17) is 9.47 Å². The molecular weight excluding hydrogens is 392 g/mol. The summed E-state index contributed by atoms with van der Waals surface area (Å²) in [6.07, 6.45) is 9.85. The van der Waals surface area contributed by atoms with Crippen molar-refractivity contribution in [1.29, 1.82) is 0 Å². The maximum Gasteiger partial charge on any atom is 0.274 e. The molecule has 0 bridgehead atoms. The number of hydrogen-bond donors (Lipinski definition) is 0. The molecule has 7 heteroatoms. The highest BCUT2D eigenvalue weighted by Gasteiger charge is 2.28. The Balaban J connectivity index is 1.40. The molecule has 31 heavy (non-hydrogen) atoms. The van der Waals surface area contributed by atoms with Gasteiger partial charge in [-0.15, -0.1) is 0 Å². The molecular formula is C24H28N4O3. The average Bonchev–Trinajstić information content (AvgIpc) is 3.13. The molecule has 3 aromatic rings. The van der Waals surface area contributed by atoms with Gasteiger partial charge in [0.2, 0.25) is 0 Å². The van der Waals surface area contributed by atoms with E-state index >= 15 is 0 Å². The zero-order valence-corrected chi connectivity index (χ0v) is 17.9. The van der Waals surface area contributed by atoms with Crippen LogP contribution in [-0.2, 0) is 11.3 Å². The lowest BCUT2D eigenvalue weighted by atomic mass is 9.82. The maximum atomic E-state index is 13.2. The largest absolute Gasteiger partial charge is 0.491 e. The van der Waals surface area contributed by atoms with Crippen LogP contribution in [0.3, 0.4) is 0 Å². The van der Waals surface area contributed by atoms with Crippen molar-refractivity contribution >= 4 is 11.6 Å². The minimum absolute atomic E-state index is 0.0857. The summed E-state index contributed by atoms with van der Waals surface area (Å²) in [7, 11) is 1.80. The van der Waals surface area contributed by atoms with Crippen LogP contribution in [0.5, 0.6) is 5.75 Å². The van der Waals surface area contributed by atoms with Gasteiger partial charge in [-0.2, -0.15) is 5.10 Å². The van der Waals surface area contributed by atoms with Gasteiger partial charge in [0.05, 0.1) is 12.6 Å². The van der Waals surface area contributed by atoms with Gasteiger partial charge in [0.15, 0.2) is 11.3 Å². The second kappa shape index (κ2) is 8.67. The predicted molar refractivity (Wildman–Crippen MR) is 116 cm³/mol. The van der Waals surface area contributed by atoms with Gasteiger partial charge in [0, 0.05) is 37.7 Å². The third-order valence-corrected chi connectivity index (χ3v) is 6.47. The van der Waals surface area contributed by atoms with Crippen molar-refractivity contribution in [3.63, 3.8) is 0 Å². The molecule has 1 amide bonds. The molecule has 1 unspecified atom stereocenters. The first-order valence-corrected chi connectivity index (χ1v) is 11.1. The van der Waals surface area contributed by atoms with Gasteiger partial charge in [-0.25, -0.2) is 9.50 Å². The molecule has 0 N–H and O–H groups in total. The average molecular weight is 421 g/mol. The summed E-state index contributed by atoms with van der Waals surface area (Å²) in [6, 6.07) is 9.84. The van der Waals surface area contributed by atoms with Gasteiger partial charge in [0.1, 0.15) is 12.4 Å². The second-order valence-corrected chi connectivity index (χ2v) is 8.45. The predicted octanol–water partition coefficient (Wildman–Crippen LogP) is 4.03. The molecule has 1 aliphatic heterocycles. The van der Waals surface area contributed by atoms with Crippen molar-refractivity contribution in [2.75, 3.05) is 20.3 Å². The van der Waals surface area contributed by atoms with Crippen molar-refractivity contribution in [3.05, 3.63) is 59.5 Å². The van der Waals surface area contributed by atoms with Crippen molar-refractivity contribution in [3.8, 4) is 5.75 Å². The van der Waals surface area contributed by atoms with E-state index in [-0.39, 0.29) is 12.0 Å². The van der Waals surface area contributed by atoms with Crippen LogP contribution in [0, 0.1) is 5.92 Å². The van der Waals surface area contributed by atoms with E-state index in [0.29, 0.717) is 37.0 Å². The van der Waals surface area contributed by atoms with E-state index in [1.807, 2.05) is 6.07 Å². The topological polar surface area (TPSA) is 69.0 Å². The monoisotopic (exact) mass is 420 g/mol. The normalized spacial score (nSPS) is 18.3. The van der Waals surface area contributed by atoms with Crippen LogP contribution < -0.4 is 4.74 Å². The fourth-order valence-corrected chi connectivity index (χ4v) is 4.90. The van der Waals surface area contributed by atoms with Crippen molar-refractivity contribution in [2.24, 2.45) is 5.92 Å². The molecule has 2 aliphatic rings. The summed E-state index contributed by atoms with van der Waals surface area (Å²) in [5.41, 5.74) is 3.25. The highest BCUT2D eigenvalue weighted by atomic mass is 16.5. The first kappa shape index (κ1) is 20.0. The number of methoxy groups -OCH3 is 1. The molecule has 1 saturated carbocycles. The fourth-order valence-electron chi connectivity index (χ4n) is 4.90. The van der Waals surface area contributed by atoms with Crippen LogP contribution in [0.1, 0.15) is 59.8 Å². The molecule has 1 fully saturated rings. The zero-order chi connectivity index (χ0) is 21.2. The summed E-state index contributed by atoms with van der Waals surface area (Å²) in [6.45, 7) is 1.46. The molecule has 1 atom stereocenters. The highest BCUT2D eigenvalue weighted by molar-refractivity contribution is 5.93. The van der Waals surface area contributed by atoms with Crippen LogP contribution in [0.4, 0.5) is 0 Å². The van der Waals surface area contributed by atoms with Crippen molar-refractivity contribution < 1.29 is 14.3 Å². The number of carbonyl (C=O) groups excluding carboxylic acids is 1. The number of fused-ring (bicyclic) bond motifs is 2. The van der Waals surface area contributed by atoms with Gasteiger partial charge in [-0.05, 0) is 42.5 Å². The van der Waals surface area contributed by atoms with E-state index in [1.165, 1.54) is 37.7 Å². The van der Waals surface area contributed by atoms with Crippen LogP contribution in [0.2, 0.25) is 0 Å². The number of ether oxygens (including phenoxy) is 2. The summed E-state index contributed by atoms with van der Waals surface area (Å²) >= 11 is 0. The number of hydrogen-bond acceptors (Lipinski definition) is 5. The van der Waals surface area contributed by atoms with E-state index in [1.54, 1.807) is 41.1 Å². The maximum absolute atomic E-state index is 13.2. The standard InChI is InChI=1S/C24H28N4O3/c1-30-23(17-6-3-2-4-7-17)18-8-9-21-19(14-18)16-27(12-13-31-21)24(29)20-15-22-25-10-5-11-28(22)26-20/h5,8-11,14-15,17,23H,2-4,6-7,12-13,16H2,1H3. The first-order valence-electron chi connectivity index (χ1n) is 11.1. The zero-order valence-electron chi connectivity index (χ0n) is 17.9. The highest BCUT2D eigenvalue weighted by Crippen LogP contribution is 2.38. The molecule has 162 valence electrons. The van der Waals surface area contributed by atoms with Gasteiger partial charge < -0.3 is 14.4 Å². The summed E-state index contributed by atoms with van der Waals surface area (Å²) in [4.78, 5) is 19.3. The number of aromatic nitrogens is 3. The molecule has 0 saturated heterocycles. The Hall–Kier alpha value is -2.93. The number of benzene rings is 1. The minimum Gasteiger partial charge on any atom is -0.491 e. The van der Waals surface area contributed by atoms with Gasteiger partial charge >= 0.3 is 0 Å². The summed E-state index contributed by atoms with van der Waals surface area (Å²) in [5, 5.41) is 4.40. The molecule has 0 radical (unpaired) electrons. The number of rotatable bonds is 4. The number of nitrogens with zero attached hydrogens (tertiary/aromatic N) is 4. The summed E-state index contributed by atoms with van der Waals surface area (Å²) < 4.78 is 13.5. The third-order valence-electron chi connectivity index (χ3n) is 6.47. The minimum atomic E-state index is -0.108. The molecule has 3 heterocycles. The molecule has 1 aromatic carbocycles. The Bertz CT molecular complexity index is 1040. The quantitative estimate of drug-likeness (QED) is 0.637. The molecule has 2 aromatic heterocycles. The van der Waals surface area contributed by atoms with Crippen LogP contribution in [-0.4, -0.2) is 45.7 Å². The summed E-state index contributed by atoms with van der Waals surface area (Å²) in [5.74, 6) is 1.28. The smallest absolute Gasteiger partial charge is 0.274 e. The van der Waals surface area contributed by atoms with Crippen LogP contribution in [0.15, 0.2) is 42.7 Å². The van der Waals surface area contributed by atoms with E-state index in [0.717, 1.165) is 11.3 Å².